The fourth-order valence-corrected chi connectivity index (χ4v) is 4.90. The van der Waals surface area contributed by atoms with Gasteiger partial charge in [0.1, 0.15) is 41.6 Å². The highest BCUT2D eigenvalue weighted by Gasteiger charge is 2.51. The number of hydrogen-bond acceptors (Lipinski definition) is 7. The molecule has 0 bridgehead atoms. The minimum Gasteiger partial charge on any atom is -0.490 e. The summed E-state index contributed by atoms with van der Waals surface area (Å²) in [5.41, 5.74) is 1.29. The van der Waals surface area contributed by atoms with Crippen molar-refractivity contribution in [3.05, 3.63) is 94.6 Å². The lowest BCUT2D eigenvalue weighted by Gasteiger charge is -2.45. The van der Waals surface area contributed by atoms with Crippen LogP contribution in [0.25, 0.3) is 0 Å². The number of halogens is 1. The van der Waals surface area contributed by atoms with Crippen molar-refractivity contribution in [1.29, 1.82) is 0 Å². The van der Waals surface area contributed by atoms with E-state index in [1.54, 1.807) is 19.2 Å². The molecule has 9 nitrogen and oxygen atoms in total. The molecule has 1 aromatic rings. The number of rotatable bonds is 9. The number of carbonyl (C=O) groups is 2. The Bertz CT molecular complexity index is 1310. The molecule has 10 heteroatoms. The van der Waals surface area contributed by atoms with Crippen molar-refractivity contribution in [3.8, 4) is 0 Å². The van der Waals surface area contributed by atoms with Gasteiger partial charge in [0.15, 0.2) is 6.29 Å². The van der Waals surface area contributed by atoms with Crippen molar-refractivity contribution >= 4 is 18.1 Å². The van der Waals surface area contributed by atoms with Crippen LogP contribution >= 0.6 is 0 Å². The summed E-state index contributed by atoms with van der Waals surface area (Å²) in [6, 6.07) is 7.68. The molecule has 0 radical (unpaired) electrons. The van der Waals surface area contributed by atoms with Gasteiger partial charge in [-0.1, -0.05) is 36.4 Å². The van der Waals surface area contributed by atoms with E-state index >= 15 is 0 Å². The summed E-state index contributed by atoms with van der Waals surface area (Å²) in [7, 11) is 0. The quantitative estimate of drug-likeness (QED) is 0.477. The first-order valence-corrected chi connectivity index (χ1v) is 12.3. The van der Waals surface area contributed by atoms with E-state index in [4.69, 9.17) is 19.2 Å². The van der Waals surface area contributed by atoms with E-state index in [0.29, 0.717) is 18.4 Å². The fourth-order valence-electron chi connectivity index (χ4n) is 4.90. The van der Waals surface area contributed by atoms with Gasteiger partial charge in [0.2, 0.25) is 5.76 Å². The molecule has 38 heavy (non-hydrogen) atoms. The molecule has 5 rings (SSSR count). The number of aliphatic carboxylic acids is 1. The number of allylic oxidation sites excluding steroid dienone is 5. The van der Waals surface area contributed by atoms with Crippen molar-refractivity contribution < 1.29 is 38.4 Å². The lowest BCUT2D eigenvalue weighted by atomic mass is 9.85. The van der Waals surface area contributed by atoms with Crippen LogP contribution in [0.3, 0.4) is 0 Å². The van der Waals surface area contributed by atoms with Gasteiger partial charge in [0.05, 0.1) is 6.20 Å². The third-order valence-electron chi connectivity index (χ3n) is 6.69. The first-order chi connectivity index (χ1) is 18.4. The Balaban J connectivity index is 1.57. The molecule has 0 fully saturated rings. The number of ether oxygens (including phenoxy) is 3. The lowest BCUT2D eigenvalue weighted by molar-refractivity contribution is -0.140. The zero-order valence-electron chi connectivity index (χ0n) is 20.6. The molecule has 0 aromatic heterocycles. The molecule has 3 aliphatic heterocycles. The minimum absolute atomic E-state index is 0.0600. The van der Waals surface area contributed by atoms with Crippen molar-refractivity contribution in [3.63, 3.8) is 0 Å². The van der Waals surface area contributed by atoms with Gasteiger partial charge in [-0.05, 0) is 43.4 Å². The zero-order valence-corrected chi connectivity index (χ0v) is 20.6. The maximum Gasteiger partial charge on any atom is 0.373 e. The maximum absolute atomic E-state index is 13.7. The first kappa shape index (κ1) is 25.6. The van der Waals surface area contributed by atoms with Crippen LogP contribution in [0, 0.1) is 5.92 Å². The predicted molar refractivity (Wildman–Crippen MR) is 134 cm³/mol. The molecule has 0 saturated carbocycles. The molecule has 4 atom stereocenters. The van der Waals surface area contributed by atoms with E-state index in [0.717, 1.165) is 11.8 Å². The molecule has 1 aromatic carbocycles. The third-order valence-corrected chi connectivity index (χ3v) is 6.69. The molecule has 3 heterocycles. The average molecular weight is 523 g/mol. The Morgan fingerprint density at radius 1 is 1.32 bits per heavy atom. The second kappa shape index (κ2) is 10.8. The van der Waals surface area contributed by atoms with Crippen LogP contribution in [0.15, 0.2) is 94.0 Å². The van der Waals surface area contributed by atoms with Gasteiger partial charge in [-0.3, -0.25) is 14.7 Å². The van der Waals surface area contributed by atoms with Gasteiger partial charge in [0, 0.05) is 18.4 Å². The van der Waals surface area contributed by atoms with Gasteiger partial charge < -0.3 is 24.4 Å². The van der Waals surface area contributed by atoms with Crippen molar-refractivity contribution in [2.45, 2.75) is 44.7 Å². The highest BCUT2D eigenvalue weighted by molar-refractivity contribution is 5.99. The number of carbonyl (C=O) groups excluding carboxylic acids is 1. The van der Waals surface area contributed by atoms with Crippen molar-refractivity contribution in [2.24, 2.45) is 10.9 Å². The van der Waals surface area contributed by atoms with E-state index in [1.807, 2.05) is 30.3 Å². The second-order valence-electron chi connectivity index (χ2n) is 9.18. The zero-order chi connectivity index (χ0) is 26.8. The Labute approximate surface area is 218 Å². The number of aliphatic imine (C=N–C) groups is 1. The second-order valence-corrected chi connectivity index (χ2v) is 9.18. The lowest BCUT2D eigenvalue weighted by Crippen LogP contribution is -2.56. The van der Waals surface area contributed by atoms with E-state index in [-0.39, 0.29) is 42.0 Å². The summed E-state index contributed by atoms with van der Waals surface area (Å²) in [4.78, 5) is 31.6. The SMILES string of the molecule is CCOC(O)C1=C(OCc2ccccc2)C2N=CC(CC3C=CC(F)=CC3)=C3OC(C(=O)O)=CN(C1=O)C32. The molecule has 0 saturated heterocycles. The van der Waals surface area contributed by atoms with Crippen LogP contribution in [0.2, 0.25) is 0 Å². The summed E-state index contributed by atoms with van der Waals surface area (Å²) in [5.74, 6) is -2.45. The summed E-state index contributed by atoms with van der Waals surface area (Å²) in [6.07, 6.45) is 6.55. The molecule has 198 valence electrons. The predicted octanol–water partition coefficient (Wildman–Crippen LogP) is 3.51. The van der Waals surface area contributed by atoms with E-state index in [2.05, 4.69) is 0 Å². The molecular weight excluding hydrogens is 495 g/mol. The average Bonchev–Trinajstić information content (AvgIpc) is 2.92. The molecular formula is C28H27FN2O7. The van der Waals surface area contributed by atoms with Crippen LogP contribution in [0.1, 0.15) is 25.3 Å². The molecule has 0 spiro atoms. The molecule has 4 unspecified atom stereocenters. The van der Waals surface area contributed by atoms with Crippen LogP contribution in [0.5, 0.6) is 0 Å². The topological polar surface area (TPSA) is 118 Å². The normalized spacial score (nSPS) is 25.0. The monoisotopic (exact) mass is 522 g/mol. The molecule has 4 aliphatic rings. The summed E-state index contributed by atoms with van der Waals surface area (Å²) >= 11 is 0. The maximum atomic E-state index is 13.7. The smallest absolute Gasteiger partial charge is 0.373 e. The number of dihydropyridines is 1. The number of aliphatic hydroxyl groups excluding tert-OH is 1. The fraction of sp³-hybridized carbons (Fsp3) is 0.321. The largest absolute Gasteiger partial charge is 0.490 e. The van der Waals surface area contributed by atoms with Gasteiger partial charge >= 0.3 is 5.97 Å². The Morgan fingerprint density at radius 2 is 2.11 bits per heavy atom. The van der Waals surface area contributed by atoms with Crippen LogP contribution in [-0.2, 0) is 30.4 Å². The number of hydrogen-bond donors (Lipinski definition) is 2. The Kier molecular flexibility index (Phi) is 7.26. The molecule has 2 N–H and O–H groups in total. The van der Waals surface area contributed by atoms with Gasteiger partial charge in [0.25, 0.3) is 5.91 Å². The molecule has 1 aliphatic carbocycles. The number of carboxylic acid groups (broad SMARTS) is 1. The van der Waals surface area contributed by atoms with Gasteiger partial charge in [-0.25, -0.2) is 9.18 Å². The van der Waals surface area contributed by atoms with Crippen molar-refractivity contribution in [1.82, 2.24) is 4.90 Å². The van der Waals surface area contributed by atoms with E-state index in [9.17, 15) is 24.2 Å². The Hall–Kier alpha value is -4.02. The minimum atomic E-state index is -1.61. The molecule has 1 amide bonds. The van der Waals surface area contributed by atoms with Crippen LogP contribution < -0.4 is 0 Å². The van der Waals surface area contributed by atoms with Gasteiger partial charge in [-0.2, -0.15) is 0 Å². The van der Waals surface area contributed by atoms with Gasteiger partial charge in [-0.15, -0.1) is 0 Å². The first-order valence-electron chi connectivity index (χ1n) is 12.3. The highest BCUT2D eigenvalue weighted by Crippen LogP contribution is 2.42. The summed E-state index contributed by atoms with van der Waals surface area (Å²) in [5, 5.41) is 20.5. The third kappa shape index (κ3) is 4.92. The number of nitrogens with zero attached hydrogens (tertiary/aromatic N) is 2. The number of aliphatic hydroxyl groups is 1. The Morgan fingerprint density at radius 3 is 2.79 bits per heavy atom. The number of carboxylic acids is 1. The number of amides is 1. The summed E-state index contributed by atoms with van der Waals surface area (Å²) in [6.45, 7) is 1.91. The summed E-state index contributed by atoms with van der Waals surface area (Å²) < 4.78 is 30.8. The standard InChI is InChI=1S/C28H27FN2O7/c1-2-36-28(35)21-25(37-15-17-6-4-3-5-7-17)22-23-24(38-20(27(33)34)14-31(23)26(21)32)18(13-30-22)12-16-8-10-19(29)11-9-16/h3-8,10-11,13-14,16,22-23,28,35H,2,9,12,15H2,1H3,(H,33,34). The van der Waals surface area contributed by atoms with E-state index in [1.165, 1.54) is 17.1 Å². The highest BCUT2D eigenvalue weighted by atomic mass is 19.1. The van der Waals surface area contributed by atoms with Crippen LogP contribution in [0.4, 0.5) is 4.39 Å². The van der Waals surface area contributed by atoms with Crippen molar-refractivity contribution in [2.75, 3.05) is 6.61 Å². The van der Waals surface area contributed by atoms with E-state index < -0.39 is 36.0 Å². The van der Waals surface area contributed by atoms with Crippen LogP contribution in [-0.4, -0.2) is 58.2 Å². The number of benzene rings is 1.